The number of aryl methyl sites for hydroxylation is 2. The molecule has 1 atom stereocenters. The average molecular weight is 225 g/mol. The van der Waals surface area contributed by atoms with Crippen LogP contribution in [-0.2, 0) is 6.54 Å². The van der Waals surface area contributed by atoms with E-state index in [1.807, 2.05) is 20.2 Å². The van der Waals surface area contributed by atoms with Gasteiger partial charge in [0.15, 0.2) is 0 Å². The Morgan fingerprint density at radius 1 is 1.50 bits per heavy atom. The molecule has 1 heterocycles. The lowest BCUT2D eigenvalue weighted by Crippen LogP contribution is -2.37. The Hall–Kier alpha value is -0.870. The van der Waals surface area contributed by atoms with E-state index >= 15 is 0 Å². The first-order valence-electron chi connectivity index (χ1n) is 5.93. The van der Waals surface area contributed by atoms with Gasteiger partial charge in [-0.25, -0.2) is 4.98 Å². The van der Waals surface area contributed by atoms with Crippen molar-refractivity contribution in [3.05, 3.63) is 17.7 Å². The van der Waals surface area contributed by atoms with Crippen molar-refractivity contribution in [2.75, 3.05) is 6.54 Å². The third kappa shape index (κ3) is 3.06. The largest absolute Gasteiger partial charge is 0.389 e. The summed E-state index contributed by atoms with van der Waals surface area (Å²) >= 11 is 0. The number of rotatable bonds is 6. The normalized spacial score (nSPS) is 15.1. The van der Waals surface area contributed by atoms with Crippen molar-refractivity contribution >= 4 is 0 Å². The lowest BCUT2D eigenvalue weighted by atomic mass is 9.95. The molecule has 0 saturated heterocycles. The molecule has 0 aromatic carbocycles. The maximum Gasteiger partial charge on any atom is 0.0951 e. The molecule has 0 radical (unpaired) electrons. The molecule has 4 heteroatoms. The Kier molecular flexibility index (Phi) is 4.50. The fraction of sp³-hybridized carbons (Fsp3) is 0.750. The molecule has 1 unspecified atom stereocenters. The van der Waals surface area contributed by atoms with Gasteiger partial charge in [-0.05, 0) is 33.1 Å². The number of aromatic nitrogens is 2. The average Bonchev–Trinajstić information content (AvgIpc) is 2.60. The lowest BCUT2D eigenvalue weighted by Gasteiger charge is -2.24. The molecule has 3 N–H and O–H groups in total. The lowest BCUT2D eigenvalue weighted by molar-refractivity contribution is 0.0333. The number of nitrogens with zero attached hydrogens (tertiary/aromatic N) is 2. The summed E-state index contributed by atoms with van der Waals surface area (Å²) < 4.78 is 2.13. The molecule has 4 nitrogen and oxygen atoms in total. The fourth-order valence-electron chi connectivity index (χ4n) is 1.77. The topological polar surface area (TPSA) is 64.1 Å². The van der Waals surface area contributed by atoms with Gasteiger partial charge in [0.1, 0.15) is 0 Å². The van der Waals surface area contributed by atoms with Gasteiger partial charge in [-0.15, -0.1) is 0 Å². The van der Waals surface area contributed by atoms with E-state index < -0.39 is 5.60 Å². The van der Waals surface area contributed by atoms with Crippen molar-refractivity contribution < 1.29 is 5.11 Å². The van der Waals surface area contributed by atoms with Crippen LogP contribution in [0.4, 0.5) is 0 Å². The number of nitrogens with two attached hydrogens (primary N) is 1. The third-order valence-electron chi connectivity index (χ3n) is 3.42. The summed E-state index contributed by atoms with van der Waals surface area (Å²) in [5, 5.41) is 10.0. The first kappa shape index (κ1) is 13.2. The Bertz CT molecular complexity index is 329. The van der Waals surface area contributed by atoms with E-state index in [4.69, 9.17) is 5.73 Å². The molecule has 0 fully saturated rings. The Morgan fingerprint density at radius 2 is 2.19 bits per heavy atom. The smallest absolute Gasteiger partial charge is 0.0951 e. The monoisotopic (exact) mass is 225 g/mol. The van der Waals surface area contributed by atoms with Crippen LogP contribution < -0.4 is 5.73 Å². The highest BCUT2D eigenvalue weighted by molar-refractivity contribution is 5.08. The van der Waals surface area contributed by atoms with Gasteiger partial charge >= 0.3 is 0 Å². The summed E-state index contributed by atoms with van der Waals surface area (Å²) in [4.78, 5) is 4.25. The van der Waals surface area contributed by atoms with Crippen molar-refractivity contribution in [3.8, 4) is 0 Å². The van der Waals surface area contributed by atoms with Crippen molar-refractivity contribution in [2.24, 2.45) is 5.73 Å². The van der Waals surface area contributed by atoms with E-state index in [-0.39, 0.29) is 0 Å². The van der Waals surface area contributed by atoms with Gasteiger partial charge < -0.3 is 15.4 Å². The van der Waals surface area contributed by atoms with Crippen LogP contribution in [0, 0.1) is 13.8 Å². The molecule has 0 spiro atoms. The zero-order valence-electron chi connectivity index (χ0n) is 10.5. The van der Waals surface area contributed by atoms with E-state index in [1.54, 1.807) is 0 Å². The van der Waals surface area contributed by atoms with Gasteiger partial charge in [0.05, 0.1) is 17.6 Å². The van der Waals surface area contributed by atoms with Crippen LogP contribution in [0.2, 0.25) is 0 Å². The minimum atomic E-state index is -0.691. The van der Waals surface area contributed by atoms with Crippen LogP contribution in [0.5, 0.6) is 0 Å². The standard InChI is InChI=1S/C12H23N3O/c1-4-12(16,8-13)6-5-7-15-9-14-10(2)11(15)3/h9,16H,4-8,13H2,1-3H3. The second-order valence-corrected chi connectivity index (χ2v) is 4.49. The highest BCUT2D eigenvalue weighted by Crippen LogP contribution is 2.16. The number of imidazole rings is 1. The van der Waals surface area contributed by atoms with E-state index in [9.17, 15) is 5.11 Å². The molecule has 1 rings (SSSR count). The summed E-state index contributed by atoms with van der Waals surface area (Å²) in [6.45, 7) is 7.28. The second-order valence-electron chi connectivity index (χ2n) is 4.49. The van der Waals surface area contributed by atoms with E-state index in [1.165, 1.54) is 5.69 Å². The predicted molar refractivity (Wildman–Crippen MR) is 65.2 cm³/mol. The van der Waals surface area contributed by atoms with Crippen molar-refractivity contribution in [2.45, 2.75) is 52.2 Å². The van der Waals surface area contributed by atoms with Gasteiger partial charge in [0.2, 0.25) is 0 Å². The second kappa shape index (κ2) is 5.46. The van der Waals surface area contributed by atoms with Crippen LogP contribution in [0.25, 0.3) is 0 Å². The fourth-order valence-corrected chi connectivity index (χ4v) is 1.77. The first-order chi connectivity index (χ1) is 7.52. The van der Waals surface area contributed by atoms with Gasteiger partial charge in [0.25, 0.3) is 0 Å². The van der Waals surface area contributed by atoms with Crippen molar-refractivity contribution in [1.29, 1.82) is 0 Å². The van der Waals surface area contributed by atoms with Crippen LogP contribution in [-0.4, -0.2) is 26.8 Å². The molecule has 0 aliphatic rings. The number of hydrogen-bond donors (Lipinski definition) is 2. The maximum atomic E-state index is 10.0. The van der Waals surface area contributed by atoms with Crippen LogP contribution in [0.1, 0.15) is 37.6 Å². The highest BCUT2D eigenvalue weighted by atomic mass is 16.3. The highest BCUT2D eigenvalue weighted by Gasteiger charge is 2.21. The molecule has 92 valence electrons. The van der Waals surface area contributed by atoms with Gasteiger partial charge in [0, 0.05) is 18.8 Å². The molecular formula is C12H23N3O. The Labute approximate surface area is 97.5 Å². The molecule has 0 amide bonds. The van der Waals surface area contributed by atoms with Crippen LogP contribution in [0.15, 0.2) is 6.33 Å². The van der Waals surface area contributed by atoms with Gasteiger partial charge in [-0.1, -0.05) is 6.92 Å². The maximum absolute atomic E-state index is 10.0. The quantitative estimate of drug-likeness (QED) is 0.768. The molecule has 0 aliphatic carbocycles. The molecule has 1 aromatic rings. The van der Waals surface area contributed by atoms with Crippen LogP contribution in [0.3, 0.4) is 0 Å². The van der Waals surface area contributed by atoms with E-state index in [0.29, 0.717) is 13.0 Å². The zero-order valence-corrected chi connectivity index (χ0v) is 10.5. The summed E-state index contributed by atoms with van der Waals surface area (Å²) in [5.41, 5.74) is 7.15. The summed E-state index contributed by atoms with van der Waals surface area (Å²) in [5.74, 6) is 0. The molecule has 0 aliphatic heterocycles. The van der Waals surface area contributed by atoms with Gasteiger partial charge in [-0.2, -0.15) is 0 Å². The minimum Gasteiger partial charge on any atom is -0.389 e. The molecule has 0 bridgehead atoms. The Morgan fingerprint density at radius 3 is 2.62 bits per heavy atom. The van der Waals surface area contributed by atoms with Crippen LogP contribution >= 0.6 is 0 Å². The first-order valence-corrected chi connectivity index (χ1v) is 5.93. The molecule has 16 heavy (non-hydrogen) atoms. The molecular weight excluding hydrogens is 202 g/mol. The molecule has 0 saturated carbocycles. The third-order valence-corrected chi connectivity index (χ3v) is 3.42. The van der Waals surface area contributed by atoms with Crippen molar-refractivity contribution in [3.63, 3.8) is 0 Å². The predicted octanol–water partition coefficient (Wildman–Crippen LogP) is 1.38. The molecule has 1 aromatic heterocycles. The zero-order chi connectivity index (χ0) is 12.2. The van der Waals surface area contributed by atoms with E-state index in [0.717, 1.165) is 25.1 Å². The summed E-state index contributed by atoms with van der Waals surface area (Å²) in [7, 11) is 0. The number of aliphatic hydroxyl groups is 1. The summed E-state index contributed by atoms with van der Waals surface area (Å²) in [6.07, 6.45) is 4.25. The minimum absolute atomic E-state index is 0.339. The number of hydrogen-bond acceptors (Lipinski definition) is 3. The van der Waals surface area contributed by atoms with Gasteiger partial charge in [-0.3, -0.25) is 0 Å². The SMILES string of the molecule is CCC(O)(CN)CCCn1cnc(C)c1C. The summed E-state index contributed by atoms with van der Waals surface area (Å²) in [6, 6.07) is 0. The van der Waals surface area contributed by atoms with E-state index in [2.05, 4.69) is 16.5 Å². The van der Waals surface area contributed by atoms with Crippen molar-refractivity contribution in [1.82, 2.24) is 9.55 Å². The Balaban J connectivity index is 2.44.